The molecule has 2 amide bonds. The minimum atomic E-state index is -0.584. The van der Waals surface area contributed by atoms with Gasteiger partial charge in [0, 0.05) is 13.1 Å². The standard InChI is InChI=1S/C24H30Cl2N2O3/c1-5-22(24(30)27-14-16(2)3)28(15-18-8-11-20(25)21(26)12-18)23(29)13-17-6-9-19(31-4)10-7-17/h6-12,16,22H,5,13-15H2,1-4H3,(H,27,30). The smallest absolute Gasteiger partial charge is 0.242 e. The number of ether oxygens (including phenoxy) is 1. The normalized spacial score (nSPS) is 11.8. The first kappa shape index (κ1) is 25.0. The van der Waals surface area contributed by atoms with E-state index in [2.05, 4.69) is 5.32 Å². The molecule has 0 saturated carbocycles. The third-order valence-corrected chi connectivity index (χ3v) is 5.66. The molecule has 0 fully saturated rings. The zero-order valence-corrected chi connectivity index (χ0v) is 20.0. The number of benzene rings is 2. The van der Waals surface area contributed by atoms with Gasteiger partial charge in [0.2, 0.25) is 11.8 Å². The maximum atomic E-state index is 13.3. The first-order valence-electron chi connectivity index (χ1n) is 10.4. The van der Waals surface area contributed by atoms with Crippen LogP contribution in [0.4, 0.5) is 0 Å². The van der Waals surface area contributed by atoms with E-state index in [-0.39, 0.29) is 24.8 Å². The van der Waals surface area contributed by atoms with Crippen LogP contribution in [0.1, 0.15) is 38.3 Å². The van der Waals surface area contributed by atoms with Crippen molar-refractivity contribution in [2.24, 2.45) is 5.92 Å². The maximum absolute atomic E-state index is 13.3. The van der Waals surface area contributed by atoms with E-state index in [1.165, 1.54) is 0 Å². The predicted octanol–water partition coefficient (Wildman–Crippen LogP) is 5.12. The van der Waals surface area contributed by atoms with Gasteiger partial charge in [-0.25, -0.2) is 0 Å². The van der Waals surface area contributed by atoms with E-state index in [1.807, 2.05) is 51.1 Å². The molecule has 0 radical (unpaired) electrons. The lowest BCUT2D eigenvalue weighted by Crippen LogP contribution is -2.50. The zero-order chi connectivity index (χ0) is 23.0. The van der Waals surface area contributed by atoms with Crippen LogP contribution < -0.4 is 10.1 Å². The molecule has 0 aliphatic carbocycles. The molecule has 31 heavy (non-hydrogen) atoms. The van der Waals surface area contributed by atoms with Gasteiger partial charge in [0.25, 0.3) is 0 Å². The van der Waals surface area contributed by atoms with Gasteiger partial charge in [0.1, 0.15) is 11.8 Å². The second kappa shape index (κ2) is 12.0. The molecule has 0 aromatic heterocycles. The van der Waals surface area contributed by atoms with Gasteiger partial charge in [-0.2, -0.15) is 0 Å². The number of hydrogen-bond donors (Lipinski definition) is 1. The highest BCUT2D eigenvalue weighted by Crippen LogP contribution is 2.24. The van der Waals surface area contributed by atoms with E-state index in [1.54, 1.807) is 24.1 Å². The molecule has 0 aliphatic rings. The molecular formula is C24H30Cl2N2O3. The number of amides is 2. The molecule has 1 atom stereocenters. The van der Waals surface area contributed by atoms with Crippen LogP contribution in [-0.4, -0.2) is 36.4 Å². The molecule has 0 saturated heterocycles. The number of hydrogen-bond acceptors (Lipinski definition) is 3. The fourth-order valence-corrected chi connectivity index (χ4v) is 3.52. The molecule has 5 nitrogen and oxygen atoms in total. The summed E-state index contributed by atoms with van der Waals surface area (Å²) in [7, 11) is 1.60. The van der Waals surface area contributed by atoms with Crippen molar-refractivity contribution < 1.29 is 14.3 Å². The molecule has 168 valence electrons. The van der Waals surface area contributed by atoms with Gasteiger partial charge in [-0.15, -0.1) is 0 Å². The fourth-order valence-electron chi connectivity index (χ4n) is 3.20. The highest BCUT2D eigenvalue weighted by molar-refractivity contribution is 6.42. The molecule has 0 spiro atoms. The Kier molecular flexibility index (Phi) is 9.66. The van der Waals surface area contributed by atoms with Crippen LogP contribution in [0.5, 0.6) is 5.75 Å². The van der Waals surface area contributed by atoms with Crippen LogP contribution in [0.3, 0.4) is 0 Å². The van der Waals surface area contributed by atoms with Crippen molar-refractivity contribution in [3.63, 3.8) is 0 Å². The molecule has 0 heterocycles. The van der Waals surface area contributed by atoms with Crippen LogP contribution in [0.15, 0.2) is 42.5 Å². The molecule has 0 bridgehead atoms. The monoisotopic (exact) mass is 464 g/mol. The Bertz CT molecular complexity index is 885. The van der Waals surface area contributed by atoms with Crippen LogP contribution in [0, 0.1) is 5.92 Å². The lowest BCUT2D eigenvalue weighted by molar-refractivity contribution is -0.141. The average Bonchev–Trinajstić information content (AvgIpc) is 2.75. The fraction of sp³-hybridized carbons (Fsp3) is 0.417. The van der Waals surface area contributed by atoms with Crippen molar-refractivity contribution in [1.82, 2.24) is 10.2 Å². The Morgan fingerprint density at radius 2 is 1.68 bits per heavy atom. The highest BCUT2D eigenvalue weighted by Gasteiger charge is 2.28. The molecule has 7 heteroatoms. The number of carbonyl (C=O) groups is 2. The molecule has 0 aliphatic heterocycles. The molecular weight excluding hydrogens is 435 g/mol. The van der Waals surface area contributed by atoms with E-state index in [0.29, 0.717) is 28.9 Å². The van der Waals surface area contributed by atoms with Crippen molar-refractivity contribution in [2.75, 3.05) is 13.7 Å². The summed E-state index contributed by atoms with van der Waals surface area (Å²) in [5.74, 6) is 0.755. The van der Waals surface area contributed by atoms with Gasteiger partial charge in [-0.05, 0) is 47.7 Å². The average molecular weight is 465 g/mol. The van der Waals surface area contributed by atoms with Crippen LogP contribution in [0.25, 0.3) is 0 Å². The van der Waals surface area contributed by atoms with E-state index in [0.717, 1.165) is 16.9 Å². The number of halogens is 2. The molecule has 2 rings (SSSR count). The maximum Gasteiger partial charge on any atom is 0.242 e. The Morgan fingerprint density at radius 1 is 1.03 bits per heavy atom. The molecule has 2 aromatic carbocycles. The van der Waals surface area contributed by atoms with Gasteiger partial charge in [0.05, 0.1) is 23.6 Å². The third kappa shape index (κ3) is 7.44. The number of carbonyl (C=O) groups excluding carboxylic acids is 2. The van der Waals surface area contributed by atoms with Gasteiger partial charge in [-0.1, -0.05) is 62.2 Å². The molecule has 1 unspecified atom stereocenters. The van der Waals surface area contributed by atoms with E-state index < -0.39 is 6.04 Å². The Hall–Kier alpha value is -2.24. The van der Waals surface area contributed by atoms with E-state index >= 15 is 0 Å². The zero-order valence-electron chi connectivity index (χ0n) is 18.5. The first-order chi connectivity index (χ1) is 14.7. The summed E-state index contributed by atoms with van der Waals surface area (Å²) in [4.78, 5) is 27.8. The lowest BCUT2D eigenvalue weighted by atomic mass is 10.1. The number of nitrogens with one attached hydrogen (secondary N) is 1. The van der Waals surface area contributed by atoms with Crippen molar-refractivity contribution in [3.05, 3.63) is 63.6 Å². The van der Waals surface area contributed by atoms with Crippen molar-refractivity contribution >= 4 is 35.0 Å². The van der Waals surface area contributed by atoms with Gasteiger partial charge < -0.3 is 15.0 Å². The topological polar surface area (TPSA) is 58.6 Å². The summed E-state index contributed by atoms with van der Waals surface area (Å²) in [5.41, 5.74) is 1.66. The summed E-state index contributed by atoms with van der Waals surface area (Å²) in [6, 6.07) is 12.0. The largest absolute Gasteiger partial charge is 0.497 e. The van der Waals surface area contributed by atoms with Crippen molar-refractivity contribution in [1.29, 1.82) is 0 Å². The first-order valence-corrected chi connectivity index (χ1v) is 11.1. The summed E-state index contributed by atoms with van der Waals surface area (Å²) < 4.78 is 5.18. The van der Waals surface area contributed by atoms with Gasteiger partial charge in [0.15, 0.2) is 0 Å². The van der Waals surface area contributed by atoms with E-state index in [9.17, 15) is 9.59 Å². The Balaban J connectivity index is 2.28. The summed E-state index contributed by atoms with van der Waals surface area (Å²) in [6.45, 7) is 6.79. The van der Waals surface area contributed by atoms with Crippen LogP contribution in [0.2, 0.25) is 10.0 Å². The molecule has 2 aromatic rings. The Labute approximate surface area is 194 Å². The minimum absolute atomic E-state index is 0.136. The van der Waals surface area contributed by atoms with Crippen LogP contribution in [-0.2, 0) is 22.6 Å². The Morgan fingerprint density at radius 3 is 2.23 bits per heavy atom. The minimum Gasteiger partial charge on any atom is -0.497 e. The number of rotatable bonds is 10. The SMILES string of the molecule is CCC(C(=O)NCC(C)C)N(Cc1ccc(Cl)c(Cl)c1)C(=O)Cc1ccc(OC)cc1. The summed E-state index contributed by atoms with van der Waals surface area (Å²) in [5, 5.41) is 3.82. The molecule has 1 N–H and O–H groups in total. The van der Waals surface area contributed by atoms with Gasteiger partial charge >= 0.3 is 0 Å². The predicted molar refractivity (Wildman–Crippen MR) is 126 cm³/mol. The van der Waals surface area contributed by atoms with Crippen LogP contribution >= 0.6 is 23.2 Å². The highest BCUT2D eigenvalue weighted by atomic mass is 35.5. The second-order valence-electron chi connectivity index (χ2n) is 7.86. The number of nitrogens with zero attached hydrogens (tertiary/aromatic N) is 1. The summed E-state index contributed by atoms with van der Waals surface area (Å²) in [6.07, 6.45) is 0.679. The third-order valence-electron chi connectivity index (χ3n) is 4.92. The quantitative estimate of drug-likeness (QED) is 0.530. The van der Waals surface area contributed by atoms with Crippen molar-refractivity contribution in [2.45, 2.75) is 46.2 Å². The summed E-state index contributed by atoms with van der Waals surface area (Å²) >= 11 is 12.2. The number of methoxy groups -OCH3 is 1. The van der Waals surface area contributed by atoms with Crippen molar-refractivity contribution in [3.8, 4) is 5.75 Å². The van der Waals surface area contributed by atoms with E-state index in [4.69, 9.17) is 27.9 Å². The second-order valence-corrected chi connectivity index (χ2v) is 8.67. The lowest BCUT2D eigenvalue weighted by Gasteiger charge is -2.31. The van der Waals surface area contributed by atoms with Gasteiger partial charge in [-0.3, -0.25) is 9.59 Å².